The van der Waals surface area contributed by atoms with Crippen LogP contribution in [0.5, 0.6) is 0 Å². The van der Waals surface area contributed by atoms with Gasteiger partial charge in [-0.15, -0.1) is 0 Å². The molecule has 1 saturated carbocycles. The van der Waals surface area contributed by atoms with Crippen molar-refractivity contribution in [2.24, 2.45) is 0 Å². The molecule has 0 atom stereocenters. The van der Waals surface area contributed by atoms with Gasteiger partial charge in [0.25, 0.3) is 0 Å². The number of anilines is 2. The maximum absolute atomic E-state index is 2.69. The molecule has 0 aromatic heterocycles. The van der Waals surface area contributed by atoms with Gasteiger partial charge >= 0.3 is 0 Å². The van der Waals surface area contributed by atoms with Gasteiger partial charge in [0.2, 0.25) is 17.1 Å². The standard InChI is InChI=1S/C68H94N3/c1-9-11-13-15-17-19-21-23-25-33-50-69-62-46-42-54(3)52-60(62)67(5,6)64(69)48-44-56-36-35-37-57(66(56)71(58-38-29-27-30-39-58)59-40-31-28-32-41-59)45-49-65-68(7,8)61-53-55(4)43-47-63(61)70(65)51-34-26-24-22-20-18-16-14-12-10-2/h27-32,38-49,52-53H,9-26,33-37,50-51H2,1-8H3/q+1. The van der Waals surface area contributed by atoms with Crippen LogP contribution in [0.4, 0.5) is 22.7 Å². The molecule has 4 aromatic carbocycles. The number of aryl methyl sites for hydroxylation is 2. The van der Waals surface area contributed by atoms with Gasteiger partial charge in [0.05, 0.1) is 0 Å². The number of hydrogen-bond donors (Lipinski definition) is 0. The molecule has 7 rings (SSSR count). The van der Waals surface area contributed by atoms with E-state index in [0.717, 1.165) is 32.4 Å². The van der Waals surface area contributed by atoms with Crippen molar-refractivity contribution in [1.82, 2.24) is 4.58 Å². The predicted octanol–water partition coefficient (Wildman–Crippen LogP) is 19.8. The van der Waals surface area contributed by atoms with E-state index in [9.17, 15) is 0 Å². The fourth-order valence-corrected chi connectivity index (χ4v) is 12.0. The van der Waals surface area contributed by atoms with Crippen molar-refractivity contribution in [3.8, 4) is 0 Å². The van der Waals surface area contributed by atoms with E-state index in [1.54, 1.807) is 0 Å². The first-order valence-electron chi connectivity index (χ1n) is 28.9. The van der Waals surface area contributed by atoms with Crippen molar-refractivity contribution in [3.63, 3.8) is 0 Å². The molecule has 0 saturated heterocycles. The Balaban J connectivity index is 1.24. The van der Waals surface area contributed by atoms with E-state index in [-0.39, 0.29) is 10.8 Å². The lowest BCUT2D eigenvalue weighted by atomic mass is 9.81. The number of para-hydroxylation sites is 2. The molecule has 1 aliphatic carbocycles. The van der Waals surface area contributed by atoms with Gasteiger partial charge in [0.1, 0.15) is 0 Å². The van der Waals surface area contributed by atoms with E-state index in [0.29, 0.717) is 0 Å². The topological polar surface area (TPSA) is 9.49 Å². The lowest BCUT2D eigenvalue weighted by molar-refractivity contribution is 0.554. The summed E-state index contributed by atoms with van der Waals surface area (Å²) in [6.45, 7) is 21.1. The summed E-state index contributed by atoms with van der Waals surface area (Å²) < 4.78 is 2.56. The highest BCUT2D eigenvalue weighted by Gasteiger charge is 2.41. The Labute approximate surface area is 434 Å². The van der Waals surface area contributed by atoms with Crippen LogP contribution in [0.1, 0.15) is 211 Å². The monoisotopic (exact) mass is 953 g/mol. The summed E-state index contributed by atoms with van der Waals surface area (Å²) in [6.07, 6.45) is 40.4. The van der Waals surface area contributed by atoms with Crippen LogP contribution in [0.3, 0.4) is 0 Å². The van der Waals surface area contributed by atoms with Crippen molar-refractivity contribution >= 4 is 28.5 Å². The molecule has 3 aliphatic rings. The Morgan fingerprint density at radius 1 is 0.437 bits per heavy atom. The number of benzene rings is 4. The fraction of sp³-hybridized carbons (Fsp3) is 0.515. The van der Waals surface area contributed by atoms with Crippen molar-refractivity contribution < 1.29 is 0 Å². The maximum Gasteiger partial charge on any atom is 0.218 e. The first kappa shape index (κ1) is 53.9. The minimum absolute atomic E-state index is 0.105. The summed E-state index contributed by atoms with van der Waals surface area (Å²) in [5, 5.41) is 0. The van der Waals surface area contributed by atoms with Crippen LogP contribution >= 0.6 is 0 Å². The van der Waals surface area contributed by atoms with Gasteiger partial charge in [-0.3, -0.25) is 0 Å². The van der Waals surface area contributed by atoms with E-state index in [2.05, 4.69) is 191 Å². The second-order valence-corrected chi connectivity index (χ2v) is 22.7. The molecule has 0 N–H and O–H groups in total. The normalized spacial score (nSPS) is 18.3. The number of fused-ring (bicyclic) bond motifs is 2. The number of unbranched alkanes of at least 4 members (excludes halogenated alkanes) is 18. The van der Waals surface area contributed by atoms with E-state index in [4.69, 9.17) is 0 Å². The average Bonchev–Trinajstić information content (AvgIpc) is 3.71. The van der Waals surface area contributed by atoms with Gasteiger partial charge < -0.3 is 9.80 Å². The summed E-state index contributed by atoms with van der Waals surface area (Å²) in [7, 11) is 0. The lowest BCUT2D eigenvalue weighted by Gasteiger charge is -2.28. The van der Waals surface area contributed by atoms with Crippen molar-refractivity contribution in [2.75, 3.05) is 22.9 Å². The molecule has 4 aromatic rings. The van der Waals surface area contributed by atoms with Gasteiger partial charge in [-0.2, -0.15) is 4.58 Å². The third-order valence-corrected chi connectivity index (χ3v) is 16.2. The molecular weight excluding hydrogens is 859 g/mol. The summed E-state index contributed by atoms with van der Waals surface area (Å²) in [6, 6.07) is 36.6. The molecule has 71 heavy (non-hydrogen) atoms. The van der Waals surface area contributed by atoms with Gasteiger partial charge in [-0.25, -0.2) is 0 Å². The quantitative estimate of drug-likeness (QED) is 0.0458. The lowest BCUT2D eigenvalue weighted by Crippen LogP contribution is -2.28. The number of allylic oxidation sites excluding steroid dienone is 8. The van der Waals surface area contributed by atoms with Crippen molar-refractivity contribution in [3.05, 3.63) is 166 Å². The highest BCUT2D eigenvalue weighted by Crippen LogP contribution is 2.50. The Morgan fingerprint density at radius 2 is 0.789 bits per heavy atom. The molecular formula is C68H94N3+. The summed E-state index contributed by atoms with van der Waals surface area (Å²) in [5.41, 5.74) is 17.6. The van der Waals surface area contributed by atoms with Crippen LogP contribution in [0.15, 0.2) is 144 Å². The SMILES string of the molecule is CCCCCCCCCCCCN1C(=CC=C2CCCC(=CC=C3N(CCCCCCCCCCCC)c4ccc(C)cc4C3(C)C)C2=[N+](c2ccccc2)c2ccccc2)C(C)(C)c2cc(C)ccc21. The second kappa shape index (κ2) is 26.7. The fourth-order valence-electron chi connectivity index (χ4n) is 12.0. The van der Waals surface area contributed by atoms with Gasteiger partial charge in [0.15, 0.2) is 0 Å². The zero-order chi connectivity index (χ0) is 50.1. The smallest absolute Gasteiger partial charge is 0.218 e. The van der Waals surface area contributed by atoms with E-state index < -0.39 is 0 Å². The van der Waals surface area contributed by atoms with Crippen LogP contribution < -0.4 is 14.4 Å². The zero-order valence-electron chi connectivity index (χ0n) is 46.1. The van der Waals surface area contributed by atoms with E-state index in [1.807, 2.05) is 0 Å². The molecule has 0 bridgehead atoms. The molecule has 3 heteroatoms. The molecule has 2 heterocycles. The second-order valence-electron chi connectivity index (χ2n) is 22.7. The predicted molar refractivity (Wildman–Crippen MR) is 312 cm³/mol. The minimum atomic E-state index is -0.105. The third kappa shape index (κ3) is 13.8. The van der Waals surface area contributed by atoms with Crippen LogP contribution in [0, 0.1) is 13.8 Å². The maximum atomic E-state index is 2.69. The Hall–Kier alpha value is -4.89. The molecule has 0 unspecified atom stereocenters. The molecule has 380 valence electrons. The highest BCUT2D eigenvalue weighted by molar-refractivity contribution is 6.16. The summed E-state index contributed by atoms with van der Waals surface area (Å²) in [4.78, 5) is 5.38. The molecule has 0 radical (unpaired) electrons. The molecule has 3 nitrogen and oxygen atoms in total. The molecule has 0 amide bonds. The first-order chi connectivity index (χ1) is 34.6. The number of hydrogen-bond acceptors (Lipinski definition) is 2. The highest BCUT2D eigenvalue weighted by atomic mass is 15.2. The van der Waals surface area contributed by atoms with Crippen LogP contribution in [-0.2, 0) is 10.8 Å². The molecule has 0 spiro atoms. The van der Waals surface area contributed by atoms with Crippen LogP contribution in [0.2, 0.25) is 0 Å². The van der Waals surface area contributed by atoms with Crippen molar-refractivity contribution in [1.29, 1.82) is 0 Å². The Bertz CT molecular complexity index is 2290. The minimum Gasteiger partial charge on any atom is -0.344 e. The third-order valence-electron chi connectivity index (χ3n) is 16.2. The van der Waals surface area contributed by atoms with Gasteiger partial charge in [-0.1, -0.05) is 241 Å². The summed E-state index contributed by atoms with van der Waals surface area (Å²) in [5.74, 6) is 0. The Kier molecular flexibility index (Phi) is 20.3. The van der Waals surface area contributed by atoms with E-state index in [1.165, 1.54) is 202 Å². The Morgan fingerprint density at radius 3 is 1.15 bits per heavy atom. The summed E-state index contributed by atoms with van der Waals surface area (Å²) >= 11 is 0. The van der Waals surface area contributed by atoms with Crippen LogP contribution in [-0.4, -0.2) is 18.8 Å². The van der Waals surface area contributed by atoms with Gasteiger partial charge in [-0.05, 0) is 81.4 Å². The molecule has 1 fully saturated rings. The van der Waals surface area contributed by atoms with Gasteiger partial charge in [0, 0.05) is 82.1 Å². The number of nitrogens with zero attached hydrogens (tertiary/aromatic N) is 3. The average molecular weight is 954 g/mol. The van der Waals surface area contributed by atoms with Crippen molar-refractivity contribution in [2.45, 2.75) is 214 Å². The van der Waals surface area contributed by atoms with Crippen LogP contribution in [0.25, 0.3) is 0 Å². The van der Waals surface area contributed by atoms with E-state index >= 15 is 0 Å². The first-order valence-corrected chi connectivity index (χ1v) is 28.9. The largest absolute Gasteiger partial charge is 0.344 e. The zero-order valence-corrected chi connectivity index (χ0v) is 46.1. The molecule has 2 aliphatic heterocycles. The number of rotatable bonds is 26.